The molecule has 1 atom stereocenters. The third kappa shape index (κ3) is 12.9. The van der Waals surface area contributed by atoms with E-state index in [1.165, 1.54) is 0 Å². The van der Waals surface area contributed by atoms with Crippen LogP contribution in [-0.2, 0) is 36.2 Å². The maximum absolute atomic E-state index is 10.7. The standard InChI is InChI=1S/C10H15BrN2O8.Fe.H3N/c11-9(10(20)21)13(5-8(18)19)2-1-12(3-6(14)15)4-7(16)17;;/h9H,1-5H2,(H,14,15)(H,16,17)(H,18,19)(H,20,21);;1H3/q;+3;/p-3. The second-order valence-corrected chi connectivity index (χ2v) is 4.82. The van der Waals surface area contributed by atoms with Crippen LogP contribution in [0.4, 0.5) is 0 Å². The van der Waals surface area contributed by atoms with Crippen LogP contribution in [0.3, 0.4) is 0 Å². The fraction of sp³-hybridized carbons (Fsp3) is 0.600. The van der Waals surface area contributed by atoms with Gasteiger partial charge in [0.05, 0.1) is 23.9 Å². The van der Waals surface area contributed by atoms with E-state index in [1.54, 1.807) is 0 Å². The normalized spacial score (nSPS) is 11.3. The summed E-state index contributed by atoms with van der Waals surface area (Å²) in [5, 5.41) is 42.1. The Morgan fingerprint density at radius 3 is 1.52 bits per heavy atom. The summed E-state index contributed by atoms with van der Waals surface area (Å²) in [6.45, 7) is -2.74. The minimum absolute atomic E-state index is 0. The third-order valence-electron chi connectivity index (χ3n) is 2.26. The SMILES string of the molecule is O=C([O-])CN(CCN(CC(=O)[O-])C(Br)C(=O)[O-])CC(=O)[O-].[Fe+3].[NH4+]. The van der Waals surface area contributed by atoms with Crippen LogP contribution >= 0.6 is 15.9 Å². The number of hydrogen-bond acceptors (Lipinski definition) is 10. The fourth-order valence-electron chi connectivity index (χ4n) is 1.44. The number of halogens is 1. The van der Waals surface area contributed by atoms with Gasteiger partial charge in [0.2, 0.25) is 0 Å². The Hall–Kier alpha value is -1.24. The molecule has 13 heteroatoms. The van der Waals surface area contributed by atoms with Crippen LogP contribution in [-0.4, -0.2) is 71.4 Å². The molecular weight excluding hydrogens is 426 g/mol. The predicted octanol–water partition coefficient (Wildman–Crippen LogP) is -6.32. The molecule has 133 valence electrons. The van der Waals surface area contributed by atoms with Crippen LogP contribution < -0.4 is 26.6 Å². The number of hydrogen-bond donors (Lipinski definition) is 1. The molecule has 0 saturated heterocycles. The van der Waals surface area contributed by atoms with Crippen LogP contribution in [0.2, 0.25) is 0 Å². The number of carbonyl (C=O) groups is 4. The third-order valence-corrected chi connectivity index (χ3v) is 3.21. The molecule has 0 aliphatic heterocycles. The summed E-state index contributed by atoms with van der Waals surface area (Å²) in [5.74, 6) is -6.26. The van der Waals surface area contributed by atoms with Gasteiger partial charge >= 0.3 is 17.1 Å². The molecular formula is C10H15BrFeN3O8. The van der Waals surface area contributed by atoms with Gasteiger partial charge in [-0.15, -0.1) is 0 Å². The average Bonchev–Trinajstić information content (AvgIpc) is 2.31. The van der Waals surface area contributed by atoms with Crippen molar-refractivity contribution in [3.8, 4) is 0 Å². The zero-order valence-electron chi connectivity index (χ0n) is 12.0. The Morgan fingerprint density at radius 2 is 1.22 bits per heavy atom. The molecule has 1 radical (unpaired) electrons. The molecule has 1 unspecified atom stereocenters. The molecule has 0 aromatic rings. The van der Waals surface area contributed by atoms with Crippen molar-refractivity contribution < 1.29 is 56.7 Å². The van der Waals surface area contributed by atoms with Gasteiger partial charge in [0.25, 0.3) is 0 Å². The number of alkyl halides is 1. The summed E-state index contributed by atoms with van der Waals surface area (Å²) in [6, 6.07) is 0. The van der Waals surface area contributed by atoms with E-state index in [9.17, 15) is 39.6 Å². The maximum atomic E-state index is 10.7. The molecule has 0 amide bonds. The van der Waals surface area contributed by atoms with Crippen molar-refractivity contribution >= 4 is 39.8 Å². The number of quaternary nitrogens is 1. The maximum Gasteiger partial charge on any atom is 3.00 e. The molecule has 0 bridgehead atoms. The molecule has 0 aliphatic rings. The number of carboxylic acid groups (broad SMARTS) is 4. The van der Waals surface area contributed by atoms with Gasteiger partial charge in [0, 0.05) is 32.7 Å². The minimum Gasteiger partial charge on any atom is -0.549 e. The van der Waals surface area contributed by atoms with Gasteiger partial charge in [-0.2, -0.15) is 0 Å². The van der Waals surface area contributed by atoms with Gasteiger partial charge < -0.3 is 45.8 Å². The van der Waals surface area contributed by atoms with Gasteiger partial charge in [-0.25, -0.2) is 0 Å². The largest absolute Gasteiger partial charge is 3.00 e. The Bertz CT molecular complexity index is 409. The smallest absolute Gasteiger partial charge is 0.549 e. The van der Waals surface area contributed by atoms with E-state index < -0.39 is 48.5 Å². The van der Waals surface area contributed by atoms with Gasteiger partial charge in [-0.05, 0) is 0 Å². The topological polar surface area (TPSA) is 204 Å². The van der Waals surface area contributed by atoms with Crippen molar-refractivity contribution in [3.05, 3.63) is 0 Å². The van der Waals surface area contributed by atoms with Crippen LogP contribution in [0.5, 0.6) is 0 Å². The van der Waals surface area contributed by atoms with Crippen LogP contribution in [0, 0.1) is 0 Å². The summed E-state index contributed by atoms with van der Waals surface area (Å²) in [6.07, 6.45) is 0. The molecule has 0 rings (SSSR count). The summed E-state index contributed by atoms with van der Waals surface area (Å²) in [7, 11) is 0. The summed E-state index contributed by atoms with van der Waals surface area (Å²) < 4.78 is 0. The quantitative estimate of drug-likeness (QED) is 0.182. The van der Waals surface area contributed by atoms with E-state index in [1.807, 2.05) is 0 Å². The number of carbonyl (C=O) groups excluding carboxylic acids is 4. The van der Waals surface area contributed by atoms with Crippen LogP contribution in [0.25, 0.3) is 0 Å². The number of aliphatic carboxylic acids is 4. The van der Waals surface area contributed by atoms with Crippen molar-refractivity contribution in [1.82, 2.24) is 16.0 Å². The van der Waals surface area contributed by atoms with Crippen molar-refractivity contribution in [1.29, 1.82) is 0 Å². The van der Waals surface area contributed by atoms with E-state index in [4.69, 9.17) is 0 Å². The molecule has 0 aromatic heterocycles. The van der Waals surface area contributed by atoms with Crippen molar-refractivity contribution in [2.75, 3.05) is 32.7 Å². The van der Waals surface area contributed by atoms with Gasteiger partial charge in [-0.3, -0.25) is 9.80 Å². The summed E-state index contributed by atoms with van der Waals surface area (Å²) in [5.41, 5.74) is 0. The Labute approximate surface area is 150 Å². The summed E-state index contributed by atoms with van der Waals surface area (Å²) in [4.78, 5) is 42.4. The Morgan fingerprint density at radius 1 is 0.826 bits per heavy atom. The Kier molecular flexibility index (Phi) is 15.3. The fourth-order valence-corrected chi connectivity index (χ4v) is 1.79. The first kappa shape index (κ1) is 26.6. The zero-order valence-corrected chi connectivity index (χ0v) is 14.7. The van der Waals surface area contributed by atoms with Gasteiger partial charge in [0.15, 0.2) is 0 Å². The van der Waals surface area contributed by atoms with Crippen molar-refractivity contribution in [2.45, 2.75) is 4.95 Å². The average molecular weight is 441 g/mol. The Balaban J connectivity index is -0.00000200. The first-order valence-electron chi connectivity index (χ1n) is 5.54. The van der Waals surface area contributed by atoms with Gasteiger partial charge in [0.1, 0.15) is 4.95 Å². The van der Waals surface area contributed by atoms with E-state index >= 15 is 0 Å². The number of rotatable bonds is 11. The van der Waals surface area contributed by atoms with Crippen molar-refractivity contribution in [3.63, 3.8) is 0 Å². The molecule has 0 aromatic carbocycles. The first-order valence-corrected chi connectivity index (χ1v) is 6.46. The first-order chi connectivity index (χ1) is 9.63. The molecule has 0 aliphatic carbocycles. The van der Waals surface area contributed by atoms with E-state index in [0.29, 0.717) is 0 Å². The van der Waals surface area contributed by atoms with Crippen molar-refractivity contribution in [2.24, 2.45) is 0 Å². The zero-order chi connectivity index (χ0) is 16.6. The predicted molar refractivity (Wildman–Crippen MR) is 66.7 cm³/mol. The summed E-state index contributed by atoms with van der Waals surface area (Å²) >= 11 is 2.69. The van der Waals surface area contributed by atoms with E-state index in [-0.39, 0.29) is 36.3 Å². The van der Waals surface area contributed by atoms with Crippen LogP contribution in [0.1, 0.15) is 0 Å². The number of carboxylic acids is 4. The van der Waals surface area contributed by atoms with E-state index in [2.05, 4.69) is 15.9 Å². The van der Waals surface area contributed by atoms with Crippen LogP contribution in [0.15, 0.2) is 0 Å². The molecule has 11 nitrogen and oxygen atoms in total. The molecule has 23 heavy (non-hydrogen) atoms. The molecule has 0 fully saturated rings. The molecule has 0 saturated carbocycles. The van der Waals surface area contributed by atoms with E-state index in [0.717, 1.165) is 9.80 Å². The number of nitrogens with zero attached hydrogens (tertiary/aromatic N) is 2. The molecule has 0 heterocycles. The minimum atomic E-state index is -1.61. The second kappa shape index (κ2) is 13.2. The molecule has 4 N–H and O–H groups in total. The second-order valence-electron chi connectivity index (χ2n) is 3.95. The monoisotopic (exact) mass is 440 g/mol. The molecule has 0 spiro atoms. The van der Waals surface area contributed by atoms with Gasteiger partial charge in [-0.1, -0.05) is 15.9 Å².